The van der Waals surface area contributed by atoms with Crippen LogP contribution >= 0.6 is 0 Å². The summed E-state index contributed by atoms with van der Waals surface area (Å²) >= 11 is 0. The van der Waals surface area contributed by atoms with Crippen LogP contribution in [0.4, 0.5) is 0 Å². The van der Waals surface area contributed by atoms with Crippen molar-refractivity contribution in [1.29, 1.82) is 0 Å². The van der Waals surface area contributed by atoms with Crippen molar-refractivity contribution in [3.05, 3.63) is 176 Å². The van der Waals surface area contributed by atoms with E-state index >= 15 is 0 Å². The number of nitrogens with zero attached hydrogens (tertiary/aromatic N) is 3. The first-order valence-corrected chi connectivity index (χ1v) is 17.6. The summed E-state index contributed by atoms with van der Waals surface area (Å²) in [4.78, 5) is 0. The summed E-state index contributed by atoms with van der Waals surface area (Å²) in [6.45, 7) is 0. The van der Waals surface area contributed by atoms with E-state index in [-0.39, 0.29) is 0 Å². The molecule has 0 N–H and O–H groups in total. The Hall–Kier alpha value is -6.84. The highest BCUT2D eigenvalue weighted by atomic mass is 15.0. The maximum Gasteiger partial charge on any atom is 0.0622 e. The van der Waals surface area contributed by atoms with Crippen LogP contribution in [0.3, 0.4) is 0 Å². The normalized spacial score (nSPS) is 12.3. The van der Waals surface area contributed by atoms with Crippen molar-refractivity contribution in [3.63, 3.8) is 0 Å². The van der Waals surface area contributed by atoms with Gasteiger partial charge in [0.1, 0.15) is 0 Å². The molecule has 0 saturated carbocycles. The predicted molar refractivity (Wildman–Crippen MR) is 215 cm³/mol. The van der Waals surface area contributed by atoms with Crippen molar-refractivity contribution in [2.75, 3.05) is 0 Å². The van der Waals surface area contributed by atoms with Gasteiger partial charge in [0.05, 0.1) is 38.6 Å². The van der Waals surface area contributed by atoms with Crippen LogP contribution in [0, 0.1) is 0 Å². The molecule has 12 rings (SSSR count). The van der Waals surface area contributed by atoms with E-state index in [4.69, 9.17) is 0 Å². The average Bonchev–Trinajstić information content (AvgIpc) is 3.92. The van der Waals surface area contributed by atoms with Crippen molar-refractivity contribution in [1.82, 2.24) is 13.5 Å². The van der Waals surface area contributed by atoms with Crippen LogP contribution in [0.25, 0.3) is 104 Å². The minimum absolute atomic E-state index is 1.17. The molecular formula is C48H29N3. The van der Waals surface area contributed by atoms with Crippen molar-refractivity contribution in [2.45, 2.75) is 0 Å². The number of aromatic nitrogens is 3. The molecular weight excluding hydrogens is 619 g/mol. The molecule has 4 aromatic heterocycles. The summed E-state index contributed by atoms with van der Waals surface area (Å²) in [5.74, 6) is 0. The van der Waals surface area contributed by atoms with Crippen LogP contribution in [0.1, 0.15) is 0 Å². The van der Waals surface area contributed by atoms with Crippen molar-refractivity contribution >= 4 is 81.7 Å². The van der Waals surface area contributed by atoms with E-state index in [1.165, 1.54) is 104 Å². The zero-order valence-corrected chi connectivity index (χ0v) is 27.6. The minimum atomic E-state index is 1.17. The molecule has 0 fully saturated rings. The van der Waals surface area contributed by atoms with Crippen molar-refractivity contribution in [2.24, 2.45) is 0 Å². The highest BCUT2D eigenvalue weighted by Crippen LogP contribution is 2.43. The van der Waals surface area contributed by atoms with E-state index in [9.17, 15) is 0 Å². The Morgan fingerprint density at radius 3 is 1.35 bits per heavy atom. The molecule has 0 amide bonds. The molecule has 3 heteroatoms. The highest BCUT2D eigenvalue weighted by Gasteiger charge is 2.21. The molecule has 236 valence electrons. The third-order valence-corrected chi connectivity index (χ3v) is 11.1. The maximum atomic E-state index is 2.48. The Morgan fingerprint density at radius 2 is 0.706 bits per heavy atom. The fraction of sp³-hybridized carbons (Fsp3) is 0. The molecule has 0 aliphatic heterocycles. The van der Waals surface area contributed by atoms with Gasteiger partial charge < -0.3 is 13.5 Å². The number of benzene rings is 8. The molecule has 0 aliphatic carbocycles. The zero-order chi connectivity index (χ0) is 33.2. The third-order valence-electron chi connectivity index (χ3n) is 11.1. The number of hydrogen-bond acceptors (Lipinski definition) is 0. The van der Waals surface area contributed by atoms with Gasteiger partial charge in [-0.05, 0) is 77.9 Å². The summed E-state index contributed by atoms with van der Waals surface area (Å²) in [5.41, 5.74) is 13.4. The summed E-state index contributed by atoms with van der Waals surface area (Å²) < 4.78 is 7.32. The summed E-state index contributed by atoms with van der Waals surface area (Å²) in [6, 6.07) is 64.7. The second kappa shape index (κ2) is 9.87. The van der Waals surface area contributed by atoms with Gasteiger partial charge in [0.25, 0.3) is 0 Å². The molecule has 0 aliphatic rings. The summed E-state index contributed by atoms with van der Waals surface area (Å²) in [6.07, 6.45) is 0. The Kier molecular flexibility index (Phi) is 5.23. The van der Waals surface area contributed by atoms with Gasteiger partial charge >= 0.3 is 0 Å². The Balaban J connectivity index is 1.13. The molecule has 0 saturated heterocycles. The molecule has 3 nitrogen and oxygen atoms in total. The Bertz CT molecular complexity index is 3270. The van der Waals surface area contributed by atoms with Crippen LogP contribution in [0.2, 0.25) is 0 Å². The van der Waals surface area contributed by atoms with Gasteiger partial charge in [0.2, 0.25) is 0 Å². The van der Waals surface area contributed by atoms with Crippen LogP contribution in [-0.2, 0) is 0 Å². The van der Waals surface area contributed by atoms with E-state index in [0.29, 0.717) is 0 Å². The predicted octanol–water partition coefficient (Wildman–Crippen LogP) is 12.7. The third kappa shape index (κ3) is 3.57. The molecule has 0 bridgehead atoms. The number of fused-ring (bicyclic) bond motifs is 12. The Labute approximate surface area is 292 Å². The van der Waals surface area contributed by atoms with Gasteiger partial charge in [-0.3, -0.25) is 0 Å². The smallest absolute Gasteiger partial charge is 0.0622 e. The molecule has 0 spiro atoms. The largest absolute Gasteiger partial charge is 0.309 e. The fourth-order valence-corrected chi connectivity index (χ4v) is 9.00. The molecule has 4 heterocycles. The maximum absolute atomic E-state index is 2.48. The second-order valence-electron chi connectivity index (χ2n) is 13.8. The lowest BCUT2D eigenvalue weighted by atomic mass is 10.0. The number of rotatable bonds is 3. The molecule has 0 atom stereocenters. The fourth-order valence-electron chi connectivity index (χ4n) is 9.00. The van der Waals surface area contributed by atoms with Gasteiger partial charge in [-0.2, -0.15) is 0 Å². The molecule has 8 aromatic carbocycles. The van der Waals surface area contributed by atoms with Crippen molar-refractivity contribution in [3.8, 4) is 22.5 Å². The first-order chi connectivity index (χ1) is 25.3. The Morgan fingerprint density at radius 1 is 0.255 bits per heavy atom. The highest BCUT2D eigenvalue weighted by molar-refractivity contribution is 6.24. The van der Waals surface area contributed by atoms with E-state index < -0.39 is 0 Å². The number of hydrogen-bond donors (Lipinski definition) is 0. The van der Waals surface area contributed by atoms with E-state index in [1.54, 1.807) is 0 Å². The SMILES string of the molecule is c1ccc(-n2c3ccccc3c3cc(-c4ccc5c6ccccc6n(-c6cc7c8ccccc8n8c9ccccc9c(c6)c78)c5c4)ccc32)cc1. The van der Waals surface area contributed by atoms with Gasteiger partial charge in [0.15, 0.2) is 0 Å². The van der Waals surface area contributed by atoms with Gasteiger partial charge in [0, 0.05) is 54.5 Å². The van der Waals surface area contributed by atoms with Gasteiger partial charge in [-0.15, -0.1) is 0 Å². The van der Waals surface area contributed by atoms with Gasteiger partial charge in [-0.1, -0.05) is 109 Å². The topological polar surface area (TPSA) is 14.3 Å². The molecule has 0 radical (unpaired) electrons. The monoisotopic (exact) mass is 647 g/mol. The van der Waals surface area contributed by atoms with E-state index in [2.05, 4.69) is 189 Å². The van der Waals surface area contributed by atoms with Crippen LogP contribution in [0.5, 0.6) is 0 Å². The first kappa shape index (κ1) is 27.0. The van der Waals surface area contributed by atoms with Crippen molar-refractivity contribution < 1.29 is 0 Å². The minimum Gasteiger partial charge on any atom is -0.309 e. The average molecular weight is 648 g/mol. The molecule has 12 aromatic rings. The quantitative estimate of drug-likeness (QED) is 0.181. The second-order valence-corrected chi connectivity index (χ2v) is 13.8. The first-order valence-electron chi connectivity index (χ1n) is 17.6. The summed E-state index contributed by atoms with van der Waals surface area (Å²) in [7, 11) is 0. The van der Waals surface area contributed by atoms with Crippen LogP contribution in [-0.4, -0.2) is 13.5 Å². The van der Waals surface area contributed by atoms with Crippen LogP contribution in [0.15, 0.2) is 176 Å². The lowest BCUT2D eigenvalue weighted by molar-refractivity contribution is 1.18. The van der Waals surface area contributed by atoms with E-state index in [0.717, 1.165) is 0 Å². The lowest BCUT2D eigenvalue weighted by Gasteiger charge is -2.11. The number of para-hydroxylation sites is 5. The molecule has 51 heavy (non-hydrogen) atoms. The zero-order valence-electron chi connectivity index (χ0n) is 27.6. The standard InChI is InChI=1S/C48H29N3/c1-2-12-32(13-3-1)49-43-19-9-5-15-35(43)39-26-30(23-25-46(39)49)31-22-24-38-34-14-4-8-18-42(34)50(47(38)27-31)33-28-40-36-16-6-10-20-44(36)51-45-21-11-7-17-37(45)41(29-33)48(40)51/h1-29H. The van der Waals surface area contributed by atoms with Gasteiger partial charge in [-0.25, -0.2) is 0 Å². The van der Waals surface area contributed by atoms with E-state index in [1.807, 2.05) is 0 Å². The lowest BCUT2D eigenvalue weighted by Crippen LogP contribution is -1.94. The summed E-state index contributed by atoms with van der Waals surface area (Å²) in [5, 5.41) is 10.2. The molecule has 0 unspecified atom stereocenters. The van der Waals surface area contributed by atoms with Crippen LogP contribution < -0.4 is 0 Å².